The number of nitrogens with zero attached hydrogens (tertiary/aromatic N) is 3. The maximum absolute atomic E-state index is 4.71. The number of anilines is 2. The molecule has 4 heteroatoms. The molecule has 0 bridgehead atoms. The average molecular weight is 274 g/mol. The summed E-state index contributed by atoms with van der Waals surface area (Å²) in [4.78, 5) is 11.7. The lowest BCUT2D eigenvalue weighted by Gasteiger charge is -2.40. The summed E-state index contributed by atoms with van der Waals surface area (Å²) in [6.07, 6.45) is 9.36. The smallest absolute Gasteiger partial charge is 0.134 e. The van der Waals surface area contributed by atoms with Gasteiger partial charge in [0.1, 0.15) is 17.5 Å². The van der Waals surface area contributed by atoms with Crippen LogP contribution in [0.5, 0.6) is 0 Å². The van der Waals surface area contributed by atoms with Gasteiger partial charge in [-0.15, -0.1) is 0 Å². The first kappa shape index (κ1) is 13.7. The van der Waals surface area contributed by atoms with E-state index in [4.69, 9.17) is 4.98 Å². The fourth-order valence-electron chi connectivity index (χ4n) is 3.77. The Balaban J connectivity index is 1.74. The van der Waals surface area contributed by atoms with Crippen molar-refractivity contribution in [1.29, 1.82) is 0 Å². The van der Waals surface area contributed by atoms with Crippen LogP contribution in [-0.2, 0) is 6.42 Å². The predicted molar refractivity (Wildman–Crippen MR) is 83.3 cm³/mol. The van der Waals surface area contributed by atoms with Gasteiger partial charge in [0.05, 0.1) is 0 Å². The predicted octanol–water partition coefficient (Wildman–Crippen LogP) is 3.24. The Morgan fingerprint density at radius 2 is 1.85 bits per heavy atom. The summed E-state index contributed by atoms with van der Waals surface area (Å²) in [6, 6.07) is 2.09. The Bertz CT molecular complexity index is 433. The van der Waals surface area contributed by atoms with Gasteiger partial charge in [0.15, 0.2) is 0 Å². The van der Waals surface area contributed by atoms with E-state index < -0.39 is 0 Å². The van der Waals surface area contributed by atoms with Crippen LogP contribution in [0.25, 0.3) is 0 Å². The highest BCUT2D eigenvalue weighted by Gasteiger charge is 2.37. The quantitative estimate of drug-likeness (QED) is 0.918. The Labute approximate surface area is 122 Å². The summed E-state index contributed by atoms with van der Waals surface area (Å²) in [5.74, 6) is 2.98. The molecule has 1 aromatic rings. The standard InChI is InChI=1S/C16H26N4/c1-3-13-18-14(17-2)12-15(19-13)20-10-8-16(9-11-20)6-4-5-7-16/h12H,3-11H2,1-2H3,(H,17,18,19). The number of hydrogen-bond donors (Lipinski definition) is 1. The number of hydrogen-bond acceptors (Lipinski definition) is 4. The van der Waals surface area contributed by atoms with E-state index >= 15 is 0 Å². The highest BCUT2D eigenvalue weighted by Crippen LogP contribution is 2.46. The van der Waals surface area contributed by atoms with Gasteiger partial charge >= 0.3 is 0 Å². The largest absolute Gasteiger partial charge is 0.373 e. The second-order valence-electron chi connectivity index (χ2n) is 6.33. The first-order valence-corrected chi connectivity index (χ1v) is 8.05. The summed E-state index contributed by atoms with van der Waals surface area (Å²) in [5, 5.41) is 3.15. The van der Waals surface area contributed by atoms with Gasteiger partial charge in [-0.25, -0.2) is 9.97 Å². The molecule has 0 aromatic carbocycles. The Hall–Kier alpha value is -1.32. The molecule has 1 aliphatic heterocycles. The highest BCUT2D eigenvalue weighted by molar-refractivity contribution is 5.49. The van der Waals surface area contributed by atoms with Crippen LogP contribution in [0.2, 0.25) is 0 Å². The van der Waals surface area contributed by atoms with Crippen molar-refractivity contribution in [2.75, 3.05) is 30.4 Å². The molecule has 20 heavy (non-hydrogen) atoms. The van der Waals surface area contributed by atoms with Crippen LogP contribution >= 0.6 is 0 Å². The van der Waals surface area contributed by atoms with Crippen molar-refractivity contribution in [2.24, 2.45) is 5.41 Å². The zero-order chi connectivity index (χ0) is 14.0. The molecule has 2 fully saturated rings. The van der Waals surface area contributed by atoms with Gasteiger partial charge in [0.25, 0.3) is 0 Å². The third-order valence-electron chi connectivity index (χ3n) is 5.14. The third kappa shape index (κ3) is 2.60. The molecule has 0 radical (unpaired) electrons. The maximum Gasteiger partial charge on any atom is 0.134 e. The fourth-order valence-corrected chi connectivity index (χ4v) is 3.77. The SMILES string of the molecule is CCc1nc(NC)cc(N2CCC3(CCCC3)CC2)n1. The van der Waals surface area contributed by atoms with Gasteiger partial charge in [0.2, 0.25) is 0 Å². The summed E-state index contributed by atoms with van der Waals surface area (Å²) in [6.45, 7) is 4.43. The van der Waals surface area contributed by atoms with E-state index in [2.05, 4.69) is 28.2 Å². The molecule has 1 N–H and O–H groups in total. The Kier molecular flexibility index (Phi) is 3.81. The molecule has 0 amide bonds. The number of nitrogens with one attached hydrogen (secondary N) is 1. The van der Waals surface area contributed by atoms with Crippen molar-refractivity contribution < 1.29 is 0 Å². The number of aromatic nitrogens is 2. The molecule has 110 valence electrons. The van der Waals surface area contributed by atoms with Gasteiger partial charge in [-0.2, -0.15) is 0 Å². The average Bonchev–Trinajstić information content (AvgIpc) is 2.95. The highest BCUT2D eigenvalue weighted by atomic mass is 15.2. The van der Waals surface area contributed by atoms with E-state index in [1.54, 1.807) is 0 Å². The summed E-state index contributed by atoms with van der Waals surface area (Å²) < 4.78 is 0. The first-order valence-electron chi connectivity index (χ1n) is 8.05. The number of piperidine rings is 1. The lowest BCUT2D eigenvalue weighted by molar-refractivity contribution is 0.226. The van der Waals surface area contributed by atoms with E-state index in [1.807, 2.05) is 7.05 Å². The fraction of sp³-hybridized carbons (Fsp3) is 0.750. The van der Waals surface area contributed by atoms with Crippen LogP contribution in [0.1, 0.15) is 51.3 Å². The molecule has 0 unspecified atom stereocenters. The van der Waals surface area contributed by atoms with Crippen molar-refractivity contribution in [2.45, 2.75) is 51.9 Å². The number of aryl methyl sites for hydroxylation is 1. The second kappa shape index (κ2) is 5.58. The lowest BCUT2D eigenvalue weighted by atomic mass is 9.77. The van der Waals surface area contributed by atoms with Gasteiger partial charge in [-0.3, -0.25) is 0 Å². The molecular formula is C16H26N4. The third-order valence-corrected chi connectivity index (χ3v) is 5.14. The van der Waals surface area contributed by atoms with Gasteiger partial charge < -0.3 is 10.2 Å². The zero-order valence-corrected chi connectivity index (χ0v) is 12.8. The molecule has 1 spiro atoms. The van der Waals surface area contributed by atoms with E-state index in [0.717, 1.165) is 37.0 Å². The van der Waals surface area contributed by atoms with Gasteiger partial charge in [-0.05, 0) is 31.1 Å². The topological polar surface area (TPSA) is 41.1 Å². The van der Waals surface area contributed by atoms with Crippen molar-refractivity contribution >= 4 is 11.6 Å². The van der Waals surface area contributed by atoms with Crippen LogP contribution in [0.15, 0.2) is 6.07 Å². The van der Waals surface area contributed by atoms with Crippen LogP contribution in [-0.4, -0.2) is 30.1 Å². The molecule has 2 aliphatic rings. The van der Waals surface area contributed by atoms with Crippen LogP contribution < -0.4 is 10.2 Å². The van der Waals surface area contributed by atoms with Crippen molar-refractivity contribution in [3.8, 4) is 0 Å². The summed E-state index contributed by atoms with van der Waals surface area (Å²) in [5.41, 5.74) is 0.670. The molecule has 1 aromatic heterocycles. The minimum absolute atomic E-state index is 0.670. The first-order chi connectivity index (χ1) is 9.74. The van der Waals surface area contributed by atoms with Crippen LogP contribution in [0.3, 0.4) is 0 Å². The van der Waals surface area contributed by atoms with Crippen LogP contribution in [0.4, 0.5) is 11.6 Å². The minimum atomic E-state index is 0.670. The molecule has 2 heterocycles. The molecule has 0 atom stereocenters. The van der Waals surface area contributed by atoms with Crippen LogP contribution in [0, 0.1) is 5.41 Å². The molecule has 1 saturated heterocycles. The molecule has 1 aliphatic carbocycles. The van der Waals surface area contributed by atoms with E-state index in [9.17, 15) is 0 Å². The van der Waals surface area contributed by atoms with Crippen molar-refractivity contribution in [3.63, 3.8) is 0 Å². The minimum Gasteiger partial charge on any atom is -0.373 e. The Morgan fingerprint density at radius 1 is 1.15 bits per heavy atom. The number of rotatable bonds is 3. The lowest BCUT2D eigenvalue weighted by Crippen LogP contribution is -2.39. The Morgan fingerprint density at radius 3 is 2.45 bits per heavy atom. The van der Waals surface area contributed by atoms with Crippen molar-refractivity contribution in [1.82, 2.24) is 9.97 Å². The normalized spacial score (nSPS) is 21.4. The maximum atomic E-state index is 4.71. The molecule has 1 saturated carbocycles. The van der Waals surface area contributed by atoms with Gasteiger partial charge in [-0.1, -0.05) is 19.8 Å². The van der Waals surface area contributed by atoms with Crippen molar-refractivity contribution in [3.05, 3.63) is 11.9 Å². The monoisotopic (exact) mass is 274 g/mol. The van der Waals surface area contributed by atoms with E-state index in [-0.39, 0.29) is 0 Å². The molecular weight excluding hydrogens is 248 g/mol. The second-order valence-corrected chi connectivity index (χ2v) is 6.33. The summed E-state index contributed by atoms with van der Waals surface area (Å²) in [7, 11) is 1.93. The summed E-state index contributed by atoms with van der Waals surface area (Å²) >= 11 is 0. The zero-order valence-electron chi connectivity index (χ0n) is 12.8. The molecule has 3 rings (SSSR count). The van der Waals surface area contributed by atoms with E-state index in [0.29, 0.717) is 5.41 Å². The van der Waals surface area contributed by atoms with Gasteiger partial charge in [0, 0.05) is 32.6 Å². The van der Waals surface area contributed by atoms with E-state index in [1.165, 1.54) is 38.5 Å². The molecule has 4 nitrogen and oxygen atoms in total.